The van der Waals surface area contributed by atoms with Crippen molar-refractivity contribution in [3.8, 4) is 5.75 Å². The SMILES string of the molecule is COc1cccc(C23OC2N(c2ccc(Br)cc2)C(=O)N3c2ccc(Br)cc2)c1. The first-order chi connectivity index (χ1) is 14.0. The number of methoxy groups -OCH3 is 1. The molecular formula is C22H16Br2N2O3. The number of urea groups is 1. The number of hydrogen-bond acceptors (Lipinski definition) is 3. The minimum Gasteiger partial charge on any atom is -0.497 e. The van der Waals surface area contributed by atoms with Gasteiger partial charge in [0.05, 0.1) is 7.11 Å². The third kappa shape index (κ3) is 2.87. The molecule has 0 spiro atoms. The molecule has 3 aromatic carbocycles. The Labute approximate surface area is 185 Å². The normalized spacial score (nSPS) is 22.6. The van der Waals surface area contributed by atoms with Crippen LogP contribution in [0, 0.1) is 0 Å². The van der Waals surface area contributed by atoms with E-state index in [1.54, 1.807) is 16.9 Å². The second kappa shape index (κ2) is 6.86. The number of amides is 2. The lowest BCUT2D eigenvalue weighted by atomic mass is 10.0. The number of epoxide rings is 1. The van der Waals surface area contributed by atoms with Gasteiger partial charge in [0.25, 0.3) is 0 Å². The maximum absolute atomic E-state index is 13.6. The topological polar surface area (TPSA) is 45.3 Å². The van der Waals surface area contributed by atoms with E-state index in [4.69, 9.17) is 9.47 Å². The Morgan fingerprint density at radius 2 is 1.55 bits per heavy atom. The number of carbonyl (C=O) groups excluding carboxylic acids is 1. The van der Waals surface area contributed by atoms with E-state index < -0.39 is 12.0 Å². The molecule has 2 aliphatic heterocycles. The van der Waals surface area contributed by atoms with Gasteiger partial charge in [-0.15, -0.1) is 0 Å². The Hall–Kier alpha value is -2.35. The average Bonchev–Trinajstić information content (AvgIpc) is 3.41. The number of nitrogens with zero attached hydrogens (tertiary/aromatic N) is 2. The van der Waals surface area contributed by atoms with Gasteiger partial charge in [-0.25, -0.2) is 4.79 Å². The van der Waals surface area contributed by atoms with Crippen molar-refractivity contribution in [2.75, 3.05) is 16.9 Å². The number of rotatable bonds is 4. The summed E-state index contributed by atoms with van der Waals surface area (Å²) < 4.78 is 13.5. The molecule has 7 heteroatoms. The van der Waals surface area contributed by atoms with Crippen molar-refractivity contribution in [1.29, 1.82) is 0 Å². The van der Waals surface area contributed by atoms with Crippen molar-refractivity contribution in [2.24, 2.45) is 0 Å². The predicted octanol–water partition coefficient (Wildman–Crippen LogP) is 5.88. The number of anilines is 2. The molecule has 2 saturated heterocycles. The molecule has 2 atom stereocenters. The molecule has 2 unspecified atom stereocenters. The van der Waals surface area contributed by atoms with E-state index in [1.165, 1.54) is 0 Å². The molecule has 2 amide bonds. The van der Waals surface area contributed by atoms with Gasteiger partial charge in [-0.05, 0) is 60.7 Å². The summed E-state index contributed by atoms with van der Waals surface area (Å²) in [5.41, 5.74) is 1.53. The minimum atomic E-state index is -0.896. The lowest BCUT2D eigenvalue weighted by molar-refractivity contribution is 0.224. The zero-order chi connectivity index (χ0) is 20.2. The quantitative estimate of drug-likeness (QED) is 0.408. The molecule has 0 aliphatic carbocycles. The van der Waals surface area contributed by atoms with E-state index in [1.807, 2.05) is 72.8 Å². The molecule has 3 aromatic rings. The molecule has 146 valence electrons. The molecule has 0 N–H and O–H groups in total. The monoisotopic (exact) mass is 514 g/mol. The van der Waals surface area contributed by atoms with Crippen LogP contribution in [0.1, 0.15) is 5.56 Å². The smallest absolute Gasteiger partial charge is 0.334 e. The largest absolute Gasteiger partial charge is 0.497 e. The van der Waals surface area contributed by atoms with E-state index in [0.29, 0.717) is 0 Å². The van der Waals surface area contributed by atoms with Crippen molar-refractivity contribution in [3.63, 3.8) is 0 Å². The molecular weight excluding hydrogens is 500 g/mol. The first-order valence-electron chi connectivity index (χ1n) is 9.01. The van der Waals surface area contributed by atoms with Gasteiger partial charge in [0.15, 0.2) is 6.23 Å². The van der Waals surface area contributed by atoms with Crippen molar-refractivity contribution >= 4 is 49.3 Å². The Bertz CT molecular complexity index is 1090. The second-order valence-electron chi connectivity index (χ2n) is 6.84. The Balaban J connectivity index is 1.65. The highest BCUT2D eigenvalue weighted by molar-refractivity contribution is 9.10. The van der Waals surface area contributed by atoms with E-state index >= 15 is 0 Å². The Kier molecular flexibility index (Phi) is 4.42. The molecule has 0 aromatic heterocycles. The van der Waals surface area contributed by atoms with Gasteiger partial charge in [-0.1, -0.05) is 44.0 Å². The van der Waals surface area contributed by atoms with Crippen LogP contribution in [-0.4, -0.2) is 19.4 Å². The maximum Gasteiger partial charge on any atom is 0.334 e. The Morgan fingerprint density at radius 3 is 2.17 bits per heavy atom. The van der Waals surface area contributed by atoms with Gasteiger partial charge in [-0.3, -0.25) is 9.80 Å². The lowest BCUT2D eigenvalue weighted by Gasteiger charge is -2.27. The maximum atomic E-state index is 13.6. The first kappa shape index (κ1) is 18.7. The number of ether oxygens (including phenoxy) is 2. The molecule has 5 nitrogen and oxygen atoms in total. The predicted molar refractivity (Wildman–Crippen MR) is 118 cm³/mol. The molecule has 2 heterocycles. The van der Waals surface area contributed by atoms with Crippen molar-refractivity contribution in [2.45, 2.75) is 12.0 Å². The Morgan fingerprint density at radius 1 is 0.931 bits per heavy atom. The number of fused-ring (bicyclic) bond motifs is 1. The second-order valence-corrected chi connectivity index (χ2v) is 8.67. The van der Waals surface area contributed by atoms with Crippen molar-refractivity contribution < 1.29 is 14.3 Å². The molecule has 0 radical (unpaired) electrons. The van der Waals surface area contributed by atoms with E-state index in [2.05, 4.69) is 31.9 Å². The highest BCUT2D eigenvalue weighted by Gasteiger charge is 2.74. The fourth-order valence-electron chi connectivity index (χ4n) is 3.80. The molecule has 5 rings (SSSR count). The molecule has 0 bridgehead atoms. The standard InChI is InChI=1S/C22H16Br2N2O3/c1-28-19-4-2-3-14(13-19)22-20(29-22)25(17-9-5-15(23)6-10-17)21(27)26(22)18-11-7-16(24)8-12-18/h2-13,20H,1H3. The summed E-state index contributed by atoms with van der Waals surface area (Å²) in [6.07, 6.45) is -0.424. The van der Waals surface area contributed by atoms with E-state index in [0.717, 1.165) is 31.6 Å². The average molecular weight is 516 g/mol. The van der Waals surface area contributed by atoms with Crippen molar-refractivity contribution in [1.82, 2.24) is 0 Å². The summed E-state index contributed by atoms with van der Waals surface area (Å²) in [4.78, 5) is 17.0. The van der Waals surface area contributed by atoms with Gasteiger partial charge in [-0.2, -0.15) is 0 Å². The van der Waals surface area contributed by atoms with Crippen LogP contribution in [0.25, 0.3) is 0 Å². The highest BCUT2D eigenvalue weighted by Crippen LogP contribution is 2.58. The van der Waals surface area contributed by atoms with Crippen LogP contribution in [0.5, 0.6) is 5.75 Å². The first-order valence-corrected chi connectivity index (χ1v) is 10.6. The zero-order valence-corrected chi connectivity index (χ0v) is 18.6. The van der Waals surface area contributed by atoms with Gasteiger partial charge in [0.1, 0.15) is 5.75 Å². The third-order valence-corrected chi connectivity index (χ3v) is 6.26. The van der Waals surface area contributed by atoms with Crippen LogP contribution < -0.4 is 14.5 Å². The van der Waals surface area contributed by atoms with Crippen molar-refractivity contribution in [3.05, 3.63) is 87.3 Å². The summed E-state index contributed by atoms with van der Waals surface area (Å²) in [7, 11) is 1.63. The van der Waals surface area contributed by atoms with Gasteiger partial charge in [0.2, 0.25) is 5.72 Å². The lowest BCUT2D eigenvalue weighted by Crippen LogP contribution is -2.40. The molecule has 2 aliphatic rings. The van der Waals surface area contributed by atoms with Gasteiger partial charge in [0, 0.05) is 25.9 Å². The fraction of sp³-hybridized carbons (Fsp3) is 0.136. The van der Waals surface area contributed by atoms with Crippen LogP contribution in [0.4, 0.5) is 16.2 Å². The third-order valence-electron chi connectivity index (χ3n) is 5.21. The van der Waals surface area contributed by atoms with Gasteiger partial charge < -0.3 is 9.47 Å². The van der Waals surface area contributed by atoms with Crippen LogP contribution in [0.2, 0.25) is 0 Å². The summed E-state index contributed by atoms with van der Waals surface area (Å²) >= 11 is 6.91. The summed E-state index contributed by atoms with van der Waals surface area (Å²) in [6, 6.07) is 22.9. The van der Waals surface area contributed by atoms with Crippen LogP contribution in [0.3, 0.4) is 0 Å². The zero-order valence-electron chi connectivity index (χ0n) is 15.4. The minimum absolute atomic E-state index is 0.131. The number of halogens is 2. The highest BCUT2D eigenvalue weighted by atomic mass is 79.9. The summed E-state index contributed by atoms with van der Waals surface area (Å²) in [5.74, 6) is 0.719. The van der Waals surface area contributed by atoms with E-state index in [9.17, 15) is 4.79 Å². The van der Waals surface area contributed by atoms with Gasteiger partial charge >= 0.3 is 6.03 Å². The molecule has 2 fully saturated rings. The number of benzene rings is 3. The fourth-order valence-corrected chi connectivity index (χ4v) is 4.33. The molecule has 0 saturated carbocycles. The van der Waals surface area contributed by atoms with Crippen LogP contribution in [0.15, 0.2) is 81.7 Å². The van der Waals surface area contributed by atoms with E-state index in [-0.39, 0.29) is 6.03 Å². The number of hydrogen-bond donors (Lipinski definition) is 0. The van der Waals surface area contributed by atoms with Crippen LogP contribution in [-0.2, 0) is 10.5 Å². The van der Waals surface area contributed by atoms with Crippen LogP contribution >= 0.6 is 31.9 Å². The number of carbonyl (C=O) groups is 1. The summed E-state index contributed by atoms with van der Waals surface area (Å²) in [6.45, 7) is 0. The molecule has 29 heavy (non-hydrogen) atoms. The summed E-state index contributed by atoms with van der Waals surface area (Å²) in [5, 5.41) is 0.